The molecule has 3 aromatic rings. The Morgan fingerprint density at radius 1 is 1.03 bits per heavy atom. The lowest BCUT2D eigenvalue weighted by Gasteiger charge is -2.22. The third-order valence-electron chi connectivity index (χ3n) is 6.75. The molecule has 0 spiro atoms. The molecule has 166 valence electrons. The summed E-state index contributed by atoms with van der Waals surface area (Å²) in [5.41, 5.74) is 2.66. The van der Waals surface area contributed by atoms with Crippen molar-refractivity contribution in [3.05, 3.63) is 64.2 Å². The molecule has 5 rings (SSSR count). The second-order valence-corrected chi connectivity index (χ2v) is 8.80. The Bertz CT molecular complexity index is 1190. The van der Waals surface area contributed by atoms with Gasteiger partial charge < -0.3 is 9.64 Å². The van der Waals surface area contributed by atoms with E-state index in [4.69, 9.17) is 9.72 Å². The first kappa shape index (κ1) is 20.7. The van der Waals surface area contributed by atoms with Crippen molar-refractivity contribution in [2.24, 2.45) is 5.10 Å². The van der Waals surface area contributed by atoms with Crippen LogP contribution in [0.25, 0.3) is 10.9 Å². The summed E-state index contributed by atoms with van der Waals surface area (Å²) in [6, 6.07) is 13.7. The summed E-state index contributed by atoms with van der Waals surface area (Å²) in [5, 5.41) is 5.26. The molecule has 1 saturated carbocycles. The number of nitrogens with zero attached hydrogens (tertiary/aromatic N) is 4. The minimum absolute atomic E-state index is 0.111. The van der Waals surface area contributed by atoms with Crippen molar-refractivity contribution in [3.63, 3.8) is 0 Å². The number of benzene rings is 2. The predicted molar refractivity (Wildman–Crippen MR) is 129 cm³/mol. The number of fused-ring (bicyclic) bond motifs is 1. The number of aromatic nitrogens is 2. The number of rotatable bonds is 5. The van der Waals surface area contributed by atoms with Gasteiger partial charge in [-0.15, -0.1) is 0 Å². The summed E-state index contributed by atoms with van der Waals surface area (Å²) in [7, 11) is 1.68. The quantitative estimate of drug-likeness (QED) is 0.538. The van der Waals surface area contributed by atoms with Gasteiger partial charge in [0.25, 0.3) is 5.56 Å². The van der Waals surface area contributed by atoms with Crippen LogP contribution in [-0.2, 0) is 0 Å². The van der Waals surface area contributed by atoms with Gasteiger partial charge in [-0.3, -0.25) is 4.79 Å². The molecule has 2 aromatic carbocycles. The lowest BCUT2D eigenvalue weighted by molar-refractivity contribution is 0.413. The fourth-order valence-corrected chi connectivity index (χ4v) is 4.98. The van der Waals surface area contributed by atoms with E-state index in [9.17, 15) is 4.79 Å². The Labute approximate surface area is 188 Å². The standard InChI is InChI=1S/C26H30N4O2/c1-32-24-17-21(29-15-7-8-16-29)14-13-20(24)18-27-30-25(19-9-3-2-4-10-19)28-23-12-6-5-11-22(23)26(30)31/h5-6,11-14,17-19H,2-4,7-10,15-16H2,1H3. The molecule has 0 amide bonds. The Hall–Kier alpha value is -3.15. The zero-order chi connectivity index (χ0) is 21.9. The fourth-order valence-electron chi connectivity index (χ4n) is 4.98. The van der Waals surface area contributed by atoms with Crippen molar-refractivity contribution >= 4 is 22.8 Å². The highest BCUT2D eigenvalue weighted by molar-refractivity contribution is 5.85. The third kappa shape index (κ3) is 4.01. The van der Waals surface area contributed by atoms with Crippen LogP contribution in [0.2, 0.25) is 0 Å². The first-order valence-corrected chi connectivity index (χ1v) is 11.7. The average Bonchev–Trinajstić information content (AvgIpc) is 3.39. The number of hydrogen-bond acceptors (Lipinski definition) is 5. The van der Waals surface area contributed by atoms with Crippen LogP contribution in [0.1, 0.15) is 62.3 Å². The van der Waals surface area contributed by atoms with Crippen molar-refractivity contribution in [3.8, 4) is 5.75 Å². The maximum Gasteiger partial charge on any atom is 0.282 e. The van der Waals surface area contributed by atoms with Crippen LogP contribution >= 0.6 is 0 Å². The fraction of sp³-hybridized carbons (Fsp3) is 0.423. The molecular formula is C26H30N4O2. The number of ether oxygens (including phenoxy) is 1. The Morgan fingerprint density at radius 2 is 1.81 bits per heavy atom. The highest BCUT2D eigenvalue weighted by atomic mass is 16.5. The summed E-state index contributed by atoms with van der Waals surface area (Å²) in [4.78, 5) is 20.6. The average molecular weight is 431 g/mol. The van der Waals surface area contributed by atoms with Crippen LogP contribution in [0.5, 0.6) is 5.75 Å². The number of para-hydroxylation sites is 1. The van der Waals surface area contributed by atoms with E-state index in [1.807, 2.05) is 30.3 Å². The minimum atomic E-state index is -0.111. The smallest absolute Gasteiger partial charge is 0.282 e. The van der Waals surface area contributed by atoms with Crippen molar-refractivity contribution < 1.29 is 4.74 Å². The minimum Gasteiger partial charge on any atom is -0.496 e. The molecule has 32 heavy (non-hydrogen) atoms. The largest absolute Gasteiger partial charge is 0.496 e. The van der Waals surface area contributed by atoms with Crippen molar-refractivity contribution in [2.45, 2.75) is 50.9 Å². The molecule has 1 aliphatic heterocycles. The van der Waals surface area contributed by atoms with E-state index in [1.54, 1.807) is 13.3 Å². The van der Waals surface area contributed by atoms with Gasteiger partial charge in [0.15, 0.2) is 0 Å². The van der Waals surface area contributed by atoms with Gasteiger partial charge in [-0.2, -0.15) is 9.78 Å². The summed E-state index contributed by atoms with van der Waals surface area (Å²) >= 11 is 0. The van der Waals surface area contributed by atoms with Gasteiger partial charge in [0.1, 0.15) is 11.6 Å². The molecule has 1 aliphatic carbocycles. The highest BCUT2D eigenvalue weighted by Gasteiger charge is 2.22. The van der Waals surface area contributed by atoms with Crippen molar-refractivity contribution in [2.75, 3.05) is 25.1 Å². The zero-order valence-corrected chi connectivity index (χ0v) is 18.7. The molecule has 2 fully saturated rings. The van der Waals surface area contributed by atoms with Crippen LogP contribution in [0.4, 0.5) is 5.69 Å². The molecule has 6 heteroatoms. The van der Waals surface area contributed by atoms with Gasteiger partial charge >= 0.3 is 0 Å². The molecule has 0 radical (unpaired) electrons. The first-order chi connectivity index (χ1) is 15.7. The van der Waals surface area contributed by atoms with E-state index in [-0.39, 0.29) is 11.5 Å². The molecular weight excluding hydrogens is 400 g/mol. The molecule has 2 heterocycles. The maximum atomic E-state index is 13.4. The number of anilines is 1. The van der Waals surface area contributed by atoms with E-state index in [0.717, 1.165) is 48.6 Å². The predicted octanol–water partition coefficient (Wildman–Crippen LogP) is 4.94. The molecule has 0 N–H and O–H groups in total. The van der Waals surface area contributed by atoms with E-state index in [0.29, 0.717) is 5.39 Å². The zero-order valence-electron chi connectivity index (χ0n) is 18.7. The van der Waals surface area contributed by atoms with E-state index >= 15 is 0 Å². The summed E-state index contributed by atoms with van der Waals surface area (Å²) in [6.45, 7) is 2.17. The van der Waals surface area contributed by atoms with Crippen molar-refractivity contribution in [1.82, 2.24) is 9.66 Å². The Kier molecular flexibility index (Phi) is 5.93. The van der Waals surface area contributed by atoms with Crippen LogP contribution in [0.15, 0.2) is 52.4 Å². The van der Waals surface area contributed by atoms with Gasteiger partial charge in [-0.1, -0.05) is 31.4 Å². The maximum absolute atomic E-state index is 13.4. The monoisotopic (exact) mass is 430 g/mol. The van der Waals surface area contributed by atoms with E-state index in [1.165, 1.54) is 42.5 Å². The third-order valence-corrected chi connectivity index (χ3v) is 6.75. The van der Waals surface area contributed by atoms with Gasteiger partial charge in [0.2, 0.25) is 0 Å². The topological polar surface area (TPSA) is 59.7 Å². The van der Waals surface area contributed by atoms with Crippen LogP contribution in [0, 0.1) is 0 Å². The Balaban J connectivity index is 1.55. The summed E-state index contributed by atoms with van der Waals surface area (Å²) < 4.78 is 7.18. The first-order valence-electron chi connectivity index (χ1n) is 11.7. The van der Waals surface area contributed by atoms with Crippen molar-refractivity contribution in [1.29, 1.82) is 0 Å². The number of methoxy groups -OCH3 is 1. The summed E-state index contributed by atoms with van der Waals surface area (Å²) in [5.74, 6) is 1.80. The van der Waals surface area contributed by atoms with Crippen LogP contribution < -0.4 is 15.2 Å². The van der Waals surface area contributed by atoms with Gasteiger partial charge in [0.05, 0.1) is 24.2 Å². The molecule has 0 bridgehead atoms. The molecule has 1 aromatic heterocycles. The van der Waals surface area contributed by atoms with Gasteiger partial charge in [-0.25, -0.2) is 4.98 Å². The van der Waals surface area contributed by atoms with Crippen LogP contribution in [-0.4, -0.2) is 36.1 Å². The second kappa shape index (κ2) is 9.15. The lowest BCUT2D eigenvalue weighted by atomic mass is 9.88. The SMILES string of the molecule is COc1cc(N2CCCC2)ccc1C=Nn1c(C2CCCCC2)nc2ccccc2c1=O. The normalized spacial score (nSPS) is 17.5. The van der Waals surface area contributed by atoms with Crippen LogP contribution in [0.3, 0.4) is 0 Å². The summed E-state index contributed by atoms with van der Waals surface area (Å²) in [6.07, 6.45) is 9.88. The van der Waals surface area contributed by atoms with Gasteiger partial charge in [0, 0.05) is 36.3 Å². The lowest BCUT2D eigenvalue weighted by Crippen LogP contribution is -2.25. The molecule has 0 atom stereocenters. The second-order valence-electron chi connectivity index (χ2n) is 8.80. The molecule has 2 aliphatic rings. The molecule has 0 unspecified atom stereocenters. The van der Waals surface area contributed by atoms with Gasteiger partial charge in [-0.05, 0) is 49.9 Å². The van der Waals surface area contributed by atoms with E-state index in [2.05, 4.69) is 22.1 Å². The number of hydrogen-bond donors (Lipinski definition) is 0. The Morgan fingerprint density at radius 3 is 2.59 bits per heavy atom. The highest BCUT2D eigenvalue weighted by Crippen LogP contribution is 2.32. The molecule has 6 nitrogen and oxygen atoms in total. The molecule has 1 saturated heterocycles. The van der Waals surface area contributed by atoms with E-state index < -0.39 is 0 Å².